The van der Waals surface area contributed by atoms with Gasteiger partial charge in [-0.15, -0.1) is 0 Å². The number of nitrogens with zero attached hydrogens (tertiary/aromatic N) is 2. The Bertz CT molecular complexity index is 2020. The minimum absolute atomic E-state index is 1.03. The highest BCUT2D eigenvalue weighted by Crippen LogP contribution is 2.46. The van der Waals surface area contributed by atoms with Gasteiger partial charge in [-0.2, -0.15) is 0 Å². The van der Waals surface area contributed by atoms with Crippen LogP contribution >= 0.6 is 0 Å². The van der Waals surface area contributed by atoms with Crippen molar-refractivity contribution in [2.24, 2.45) is 0 Å². The van der Waals surface area contributed by atoms with E-state index in [1.807, 2.05) is 26.2 Å². The van der Waals surface area contributed by atoms with E-state index in [4.69, 9.17) is 0 Å². The molecule has 8 aromatic rings. The minimum atomic E-state index is 1.03. The van der Waals surface area contributed by atoms with Gasteiger partial charge >= 0.3 is 0 Å². The lowest BCUT2D eigenvalue weighted by molar-refractivity contribution is 1.17. The molecule has 0 saturated carbocycles. The molecule has 7 aromatic carbocycles. The van der Waals surface area contributed by atoms with Crippen molar-refractivity contribution < 1.29 is 0 Å². The van der Waals surface area contributed by atoms with Gasteiger partial charge in [0.25, 0.3) is 0 Å². The van der Waals surface area contributed by atoms with Crippen molar-refractivity contribution in [1.29, 1.82) is 0 Å². The fourth-order valence-corrected chi connectivity index (χ4v) is 6.11. The first-order valence-electron chi connectivity index (χ1n) is 13.2. The normalized spacial score (nSPS) is 11.4. The van der Waals surface area contributed by atoms with Gasteiger partial charge in [0.05, 0.1) is 0 Å². The maximum Gasteiger partial charge on any atom is 0.115 e. The third-order valence-electron chi connectivity index (χ3n) is 7.58. The largest absolute Gasteiger partial charge is 0.244 e. The predicted octanol–water partition coefficient (Wildman–Crippen LogP) is 10.0. The highest BCUT2D eigenvalue weighted by molar-refractivity contribution is 6.29. The quantitative estimate of drug-likeness (QED) is 0.179. The lowest BCUT2D eigenvalue weighted by Crippen LogP contribution is -1.93. The maximum absolute atomic E-state index is 4.33. The van der Waals surface area contributed by atoms with Crippen LogP contribution in [-0.4, -0.2) is 9.97 Å². The second-order valence-electron chi connectivity index (χ2n) is 9.44. The standard InChI is InChI=1S/C34H20N2.C2H6/c1-3-10-27-25(8-1)32(24-18-35-20-36-19-24)26-9-2-4-11-28(26)34(27)30-17-15-23-13-12-21-6-5-7-22-14-16-29(30)33(23)31(21)22;1-2/h1-20H;1-2H3. The van der Waals surface area contributed by atoms with Crippen molar-refractivity contribution >= 4 is 53.9 Å². The van der Waals surface area contributed by atoms with Crippen molar-refractivity contribution in [2.75, 3.05) is 0 Å². The highest BCUT2D eigenvalue weighted by Gasteiger charge is 2.19. The fraction of sp³-hybridized carbons (Fsp3) is 0.0556. The maximum atomic E-state index is 4.33. The van der Waals surface area contributed by atoms with E-state index in [2.05, 4.69) is 113 Å². The molecule has 0 bridgehead atoms. The summed E-state index contributed by atoms with van der Waals surface area (Å²) < 4.78 is 0. The van der Waals surface area contributed by atoms with Crippen molar-refractivity contribution in [3.8, 4) is 22.3 Å². The van der Waals surface area contributed by atoms with Crippen LogP contribution in [0.5, 0.6) is 0 Å². The molecule has 2 heteroatoms. The Morgan fingerprint density at radius 3 is 1.53 bits per heavy atom. The van der Waals surface area contributed by atoms with Crippen molar-refractivity contribution in [2.45, 2.75) is 13.8 Å². The third-order valence-corrected chi connectivity index (χ3v) is 7.58. The monoisotopic (exact) mass is 486 g/mol. The molecule has 0 fully saturated rings. The van der Waals surface area contributed by atoms with Crippen LogP contribution in [0.25, 0.3) is 76.1 Å². The first-order valence-corrected chi connectivity index (χ1v) is 13.2. The average molecular weight is 487 g/mol. The molecule has 0 aliphatic rings. The van der Waals surface area contributed by atoms with Crippen LogP contribution in [0, 0.1) is 0 Å². The molecular formula is C36H26N2. The summed E-state index contributed by atoms with van der Waals surface area (Å²) in [5.41, 5.74) is 4.76. The van der Waals surface area contributed by atoms with Crippen LogP contribution < -0.4 is 0 Å². The van der Waals surface area contributed by atoms with E-state index in [0.29, 0.717) is 0 Å². The van der Waals surface area contributed by atoms with Gasteiger partial charge in [0, 0.05) is 23.5 Å². The summed E-state index contributed by atoms with van der Waals surface area (Å²) in [5, 5.41) is 12.8. The molecule has 8 rings (SSSR count). The number of aromatic nitrogens is 2. The van der Waals surface area contributed by atoms with Gasteiger partial charge in [-0.3, -0.25) is 0 Å². The summed E-state index contributed by atoms with van der Waals surface area (Å²) in [6.07, 6.45) is 5.42. The SMILES string of the molecule is CC.c1cc2ccc3ccc(-c4c5ccccc5c(-c5cncnc5)c5ccccc45)c4ccc(c1)c2c34. The van der Waals surface area contributed by atoms with Gasteiger partial charge in [-0.05, 0) is 65.0 Å². The van der Waals surface area contributed by atoms with Gasteiger partial charge in [0.2, 0.25) is 0 Å². The van der Waals surface area contributed by atoms with Crippen molar-refractivity contribution in [1.82, 2.24) is 9.97 Å². The van der Waals surface area contributed by atoms with Crippen LogP contribution in [0.3, 0.4) is 0 Å². The molecule has 1 heterocycles. The summed E-state index contributed by atoms with van der Waals surface area (Å²) in [6.45, 7) is 4.00. The Labute approximate surface area is 221 Å². The molecule has 0 aliphatic carbocycles. The van der Waals surface area contributed by atoms with Crippen LogP contribution in [0.1, 0.15) is 13.8 Å². The molecule has 180 valence electrons. The Hall–Kier alpha value is -4.82. The molecule has 0 unspecified atom stereocenters. The molecule has 0 atom stereocenters. The minimum Gasteiger partial charge on any atom is -0.244 e. The fourth-order valence-electron chi connectivity index (χ4n) is 6.11. The number of benzene rings is 7. The van der Waals surface area contributed by atoms with E-state index in [9.17, 15) is 0 Å². The second-order valence-corrected chi connectivity index (χ2v) is 9.44. The summed E-state index contributed by atoms with van der Waals surface area (Å²) in [7, 11) is 0. The third kappa shape index (κ3) is 3.20. The topological polar surface area (TPSA) is 25.8 Å². The molecule has 2 nitrogen and oxygen atoms in total. The lowest BCUT2D eigenvalue weighted by atomic mass is 9.84. The van der Waals surface area contributed by atoms with Gasteiger partial charge in [-0.1, -0.05) is 117 Å². The van der Waals surface area contributed by atoms with Gasteiger partial charge in [0.15, 0.2) is 0 Å². The number of fused-ring (bicyclic) bond motifs is 2. The van der Waals surface area contributed by atoms with Gasteiger partial charge in [-0.25, -0.2) is 9.97 Å². The molecule has 0 radical (unpaired) electrons. The second kappa shape index (κ2) is 8.93. The van der Waals surface area contributed by atoms with Gasteiger partial charge in [0.1, 0.15) is 6.33 Å². The predicted molar refractivity (Wildman–Crippen MR) is 163 cm³/mol. The molecule has 0 aliphatic heterocycles. The summed E-state index contributed by atoms with van der Waals surface area (Å²) in [6, 6.07) is 37.7. The zero-order valence-corrected chi connectivity index (χ0v) is 21.4. The van der Waals surface area contributed by atoms with E-state index in [1.165, 1.54) is 70.6 Å². The summed E-state index contributed by atoms with van der Waals surface area (Å²) in [5.74, 6) is 0. The van der Waals surface area contributed by atoms with Crippen molar-refractivity contribution in [3.63, 3.8) is 0 Å². The Balaban J connectivity index is 0.00000118. The van der Waals surface area contributed by atoms with Crippen LogP contribution in [0.4, 0.5) is 0 Å². The Morgan fingerprint density at radius 2 is 0.921 bits per heavy atom. The average Bonchev–Trinajstić information content (AvgIpc) is 3.00. The zero-order chi connectivity index (χ0) is 25.6. The molecule has 0 spiro atoms. The first kappa shape index (κ1) is 22.4. The summed E-state index contributed by atoms with van der Waals surface area (Å²) in [4.78, 5) is 8.66. The first-order chi connectivity index (χ1) is 18.9. The smallest absolute Gasteiger partial charge is 0.115 e. The lowest BCUT2D eigenvalue weighted by Gasteiger charge is -2.19. The molecule has 1 aromatic heterocycles. The number of rotatable bonds is 2. The van der Waals surface area contributed by atoms with Crippen LogP contribution in [0.15, 0.2) is 122 Å². The molecule has 0 N–H and O–H groups in total. The van der Waals surface area contributed by atoms with E-state index >= 15 is 0 Å². The van der Waals surface area contributed by atoms with E-state index in [0.717, 1.165) is 5.56 Å². The molecule has 0 amide bonds. The van der Waals surface area contributed by atoms with Crippen LogP contribution in [-0.2, 0) is 0 Å². The Morgan fingerprint density at radius 1 is 0.421 bits per heavy atom. The van der Waals surface area contributed by atoms with E-state index in [1.54, 1.807) is 6.33 Å². The van der Waals surface area contributed by atoms with Crippen LogP contribution in [0.2, 0.25) is 0 Å². The molecule has 38 heavy (non-hydrogen) atoms. The van der Waals surface area contributed by atoms with E-state index in [-0.39, 0.29) is 0 Å². The Kier molecular flexibility index (Phi) is 5.26. The molecular weight excluding hydrogens is 460 g/mol. The highest BCUT2D eigenvalue weighted by atomic mass is 14.8. The van der Waals surface area contributed by atoms with E-state index < -0.39 is 0 Å². The molecule has 0 saturated heterocycles. The number of hydrogen-bond donors (Lipinski definition) is 0. The zero-order valence-electron chi connectivity index (χ0n) is 21.4. The van der Waals surface area contributed by atoms with Gasteiger partial charge < -0.3 is 0 Å². The summed E-state index contributed by atoms with van der Waals surface area (Å²) >= 11 is 0. The number of hydrogen-bond acceptors (Lipinski definition) is 2. The van der Waals surface area contributed by atoms with Crippen molar-refractivity contribution in [3.05, 3.63) is 122 Å².